The van der Waals surface area contributed by atoms with Gasteiger partial charge >= 0.3 is 0 Å². The van der Waals surface area contributed by atoms with E-state index in [0.717, 1.165) is 43.1 Å². The smallest absolute Gasteiger partial charge is 0.254 e. The number of hydrogen-bond donors (Lipinski definition) is 2. The van der Waals surface area contributed by atoms with Gasteiger partial charge in [0.1, 0.15) is 11.6 Å². The molecule has 1 aliphatic heterocycles. The first-order valence-corrected chi connectivity index (χ1v) is 10.8. The zero-order valence-electron chi connectivity index (χ0n) is 17.6. The highest BCUT2D eigenvalue weighted by Gasteiger charge is 2.44. The second-order valence-electron chi connectivity index (χ2n) is 8.43. The molecule has 2 aliphatic rings. The highest BCUT2D eigenvalue weighted by atomic mass is 16.5. The Labute approximate surface area is 181 Å². The third-order valence-corrected chi connectivity index (χ3v) is 6.62. The molecule has 1 aliphatic carbocycles. The molecule has 31 heavy (non-hydrogen) atoms. The number of carbonyl (C=O) groups excluding carboxylic acids is 1. The lowest BCUT2D eigenvalue weighted by Gasteiger charge is -2.37. The van der Waals surface area contributed by atoms with Crippen LogP contribution in [0.1, 0.15) is 23.2 Å². The molecule has 5 rings (SSSR count). The molecule has 2 aromatic heterocycles. The number of pyridine rings is 1. The number of aromatic amines is 1. The summed E-state index contributed by atoms with van der Waals surface area (Å²) in [5.41, 5.74) is 1.54. The van der Waals surface area contributed by atoms with Gasteiger partial charge in [-0.3, -0.25) is 4.79 Å². The number of rotatable bonds is 5. The average Bonchev–Trinajstić information content (AvgIpc) is 3.49. The molecule has 3 aromatic rings. The van der Waals surface area contributed by atoms with Crippen molar-refractivity contribution in [2.45, 2.75) is 25.0 Å². The van der Waals surface area contributed by atoms with Gasteiger partial charge in [-0.05, 0) is 42.9 Å². The molecule has 7 heteroatoms. The van der Waals surface area contributed by atoms with Crippen molar-refractivity contribution in [2.75, 3.05) is 25.5 Å². The second-order valence-corrected chi connectivity index (χ2v) is 8.43. The fraction of sp³-hybridized carbons (Fsp3) is 0.375. The molecule has 0 radical (unpaired) electrons. The molecule has 2 N–H and O–H groups in total. The summed E-state index contributed by atoms with van der Waals surface area (Å²) < 4.78 is 5.83. The first-order valence-electron chi connectivity index (χ1n) is 10.8. The monoisotopic (exact) mass is 417 g/mol. The van der Waals surface area contributed by atoms with Gasteiger partial charge in [-0.15, -0.1) is 0 Å². The number of aromatic nitrogens is 3. The Morgan fingerprint density at radius 1 is 1.06 bits per heavy atom. The van der Waals surface area contributed by atoms with E-state index in [1.807, 2.05) is 47.4 Å². The van der Waals surface area contributed by atoms with E-state index in [-0.39, 0.29) is 18.1 Å². The van der Waals surface area contributed by atoms with Crippen LogP contribution in [-0.2, 0) is 4.74 Å². The molecule has 1 saturated carbocycles. The Morgan fingerprint density at radius 3 is 2.61 bits per heavy atom. The standard InChI is InChI=1S/C24H27N5O2/c1-31-21-13-17-15-29(14-16(17)12-20(21)28-22-8-4-5-9-25-22)24(30)19-7-3-2-6-18(19)23-26-10-11-27-23/h2-11,16-17,20-21H,12-15H2,1H3,(H,25,28)(H,26,27)/t16-,17+,20-,21-/m1/s1. The summed E-state index contributed by atoms with van der Waals surface area (Å²) in [5, 5.41) is 3.55. The van der Waals surface area contributed by atoms with E-state index >= 15 is 0 Å². The summed E-state index contributed by atoms with van der Waals surface area (Å²) in [5.74, 6) is 2.56. The Bertz CT molecular complexity index is 1020. The minimum absolute atomic E-state index is 0.0737. The quantitative estimate of drug-likeness (QED) is 0.664. The van der Waals surface area contributed by atoms with Crippen molar-refractivity contribution >= 4 is 11.7 Å². The normalized spacial score (nSPS) is 25.3. The molecule has 0 bridgehead atoms. The van der Waals surface area contributed by atoms with Crippen LogP contribution in [-0.4, -0.2) is 58.1 Å². The second kappa shape index (κ2) is 8.51. The van der Waals surface area contributed by atoms with Gasteiger partial charge in [0.05, 0.1) is 17.7 Å². The van der Waals surface area contributed by atoms with E-state index in [2.05, 4.69) is 20.3 Å². The number of likely N-dealkylation sites (tertiary alicyclic amines) is 1. The van der Waals surface area contributed by atoms with Crippen molar-refractivity contribution in [2.24, 2.45) is 11.8 Å². The molecule has 160 valence electrons. The summed E-state index contributed by atoms with van der Waals surface area (Å²) in [6, 6.07) is 13.8. The molecule has 2 fully saturated rings. The van der Waals surface area contributed by atoms with E-state index in [0.29, 0.717) is 17.4 Å². The van der Waals surface area contributed by atoms with Gasteiger partial charge in [-0.2, -0.15) is 0 Å². The molecular formula is C24H27N5O2. The number of anilines is 1. The van der Waals surface area contributed by atoms with Crippen molar-refractivity contribution in [1.29, 1.82) is 0 Å². The number of imidazole rings is 1. The van der Waals surface area contributed by atoms with E-state index in [1.165, 1.54) is 0 Å². The molecule has 1 saturated heterocycles. The Balaban J connectivity index is 1.32. The molecule has 4 atom stereocenters. The van der Waals surface area contributed by atoms with Crippen LogP contribution in [0.3, 0.4) is 0 Å². The maximum Gasteiger partial charge on any atom is 0.254 e. The van der Waals surface area contributed by atoms with Crippen molar-refractivity contribution in [3.63, 3.8) is 0 Å². The summed E-state index contributed by atoms with van der Waals surface area (Å²) in [7, 11) is 1.77. The minimum atomic E-state index is 0.0737. The lowest BCUT2D eigenvalue weighted by Crippen LogP contribution is -2.44. The van der Waals surface area contributed by atoms with Crippen LogP contribution in [0.2, 0.25) is 0 Å². The van der Waals surface area contributed by atoms with Gasteiger partial charge in [0.25, 0.3) is 5.91 Å². The van der Waals surface area contributed by atoms with E-state index in [4.69, 9.17) is 4.74 Å². The van der Waals surface area contributed by atoms with Crippen LogP contribution in [0.25, 0.3) is 11.4 Å². The van der Waals surface area contributed by atoms with Gasteiger partial charge in [0.15, 0.2) is 0 Å². The number of fused-ring (bicyclic) bond motifs is 1. The van der Waals surface area contributed by atoms with Crippen molar-refractivity contribution in [1.82, 2.24) is 19.9 Å². The van der Waals surface area contributed by atoms with Crippen LogP contribution >= 0.6 is 0 Å². The van der Waals surface area contributed by atoms with Crippen LogP contribution in [0.4, 0.5) is 5.82 Å². The zero-order chi connectivity index (χ0) is 21.2. The third kappa shape index (κ3) is 3.93. The maximum absolute atomic E-state index is 13.5. The van der Waals surface area contributed by atoms with Crippen molar-refractivity contribution in [3.8, 4) is 11.4 Å². The Morgan fingerprint density at radius 2 is 1.87 bits per heavy atom. The van der Waals surface area contributed by atoms with E-state index < -0.39 is 0 Å². The molecule has 3 heterocycles. The fourth-order valence-corrected chi connectivity index (χ4v) is 5.09. The first-order chi connectivity index (χ1) is 15.2. The highest BCUT2D eigenvalue weighted by molar-refractivity contribution is 6.00. The van der Waals surface area contributed by atoms with Gasteiger partial charge in [-0.1, -0.05) is 24.3 Å². The van der Waals surface area contributed by atoms with Gasteiger partial charge in [0.2, 0.25) is 0 Å². The zero-order valence-corrected chi connectivity index (χ0v) is 17.6. The van der Waals surface area contributed by atoms with Gasteiger partial charge < -0.3 is 19.9 Å². The first kappa shape index (κ1) is 19.8. The summed E-state index contributed by atoms with van der Waals surface area (Å²) >= 11 is 0. The Hall–Kier alpha value is -3.19. The molecule has 0 spiro atoms. The summed E-state index contributed by atoms with van der Waals surface area (Å²) in [6.07, 6.45) is 7.29. The third-order valence-electron chi connectivity index (χ3n) is 6.62. The number of methoxy groups -OCH3 is 1. The molecule has 7 nitrogen and oxygen atoms in total. The maximum atomic E-state index is 13.5. The number of benzene rings is 1. The lowest BCUT2D eigenvalue weighted by atomic mass is 9.77. The number of nitrogens with one attached hydrogen (secondary N) is 2. The average molecular weight is 418 g/mol. The summed E-state index contributed by atoms with van der Waals surface area (Å²) in [6.45, 7) is 1.54. The SMILES string of the molecule is CO[C@@H]1C[C@H]2CN(C(=O)c3ccccc3-c3ncc[nH]3)C[C@H]2C[C@H]1Nc1ccccn1. The van der Waals surface area contributed by atoms with E-state index in [1.54, 1.807) is 25.7 Å². The van der Waals surface area contributed by atoms with Crippen LogP contribution in [0, 0.1) is 11.8 Å². The predicted molar refractivity (Wildman–Crippen MR) is 119 cm³/mol. The minimum Gasteiger partial charge on any atom is -0.379 e. The number of ether oxygens (including phenoxy) is 1. The summed E-state index contributed by atoms with van der Waals surface area (Å²) in [4.78, 5) is 27.3. The van der Waals surface area contributed by atoms with Crippen molar-refractivity contribution < 1.29 is 9.53 Å². The lowest BCUT2D eigenvalue weighted by molar-refractivity contribution is 0.0304. The van der Waals surface area contributed by atoms with Crippen molar-refractivity contribution in [3.05, 3.63) is 66.6 Å². The number of hydrogen-bond acceptors (Lipinski definition) is 5. The Kier molecular flexibility index (Phi) is 5.42. The van der Waals surface area contributed by atoms with Gasteiger partial charge in [-0.25, -0.2) is 9.97 Å². The molecule has 1 aromatic carbocycles. The number of amides is 1. The number of nitrogens with zero attached hydrogens (tertiary/aromatic N) is 3. The van der Waals surface area contributed by atoms with E-state index in [9.17, 15) is 4.79 Å². The molecule has 1 amide bonds. The largest absolute Gasteiger partial charge is 0.379 e. The van der Waals surface area contributed by atoms with Crippen LogP contribution in [0.5, 0.6) is 0 Å². The fourth-order valence-electron chi connectivity index (χ4n) is 5.09. The van der Waals surface area contributed by atoms with Crippen LogP contribution < -0.4 is 5.32 Å². The molecule has 0 unspecified atom stereocenters. The predicted octanol–water partition coefficient (Wildman–Crippen LogP) is 3.45. The molecular weight excluding hydrogens is 390 g/mol. The highest BCUT2D eigenvalue weighted by Crippen LogP contribution is 2.39. The van der Waals surface area contributed by atoms with Crippen LogP contribution in [0.15, 0.2) is 61.1 Å². The van der Waals surface area contributed by atoms with Gasteiger partial charge in [0, 0.05) is 44.4 Å². The number of carbonyl (C=O) groups is 1. The topological polar surface area (TPSA) is 83.1 Å². The number of H-pyrrole nitrogens is 1.